The van der Waals surface area contributed by atoms with Crippen LogP contribution in [-0.4, -0.2) is 55.4 Å². The molecule has 0 atom stereocenters. The van der Waals surface area contributed by atoms with Gasteiger partial charge < -0.3 is 15.2 Å². The number of nitrogen functional groups attached to an aromatic ring is 1. The average Bonchev–Trinajstić information content (AvgIpc) is 2.93. The SMILES string of the molecule is COCCCN(CCOC)Cc1nc(N)c2ccsc2n1. The smallest absolute Gasteiger partial charge is 0.146 e. The Kier molecular flexibility index (Phi) is 6.31. The number of thiophene rings is 1. The topological polar surface area (TPSA) is 73.5 Å². The number of rotatable bonds is 9. The highest BCUT2D eigenvalue weighted by molar-refractivity contribution is 7.16. The number of aromatic nitrogens is 2. The molecule has 2 N–H and O–H groups in total. The van der Waals surface area contributed by atoms with E-state index in [-0.39, 0.29) is 0 Å². The van der Waals surface area contributed by atoms with Gasteiger partial charge in [0.25, 0.3) is 0 Å². The lowest BCUT2D eigenvalue weighted by molar-refractivity contribution is 0.128. The molecular formula is C14H22N4O2S. The molecule has 2 rings (SSSR count). The maximum atomic E-state index is 5.99. The summed E-state index contributed by atoms with van der Waals surface area (Å²) in [6.45, 7) is 3.86. The van der Waals surface area contributed by atoms with Gasteiger partial charge in [-0.1, -0.05) is 0 Å². The van der Waals surface area contributed by atoms with Crippen molar-refractivity contribution in [1.82, 2.24) is 14.9 Å². The van der Waals surface area contributed by atoms with Crippen molar-refractivity contribution in [1.29, 1.82) is 0 Å². The zero-order valence-corrected chi connectivity index (χ0v) is 13.4. The fraction of sp³-hybridized carbons (Fsp3) is 0.571. The van der Waals surface area contributed by atoms with Gasteiger partial charge in [0.05, 0.1) is 18.5 Å². The zero-order valence-electron chi connectivity index (χ0n) is 12.5. The van der Waals surface area contributed by atoms with Crippen LogP contribution >= 0.6 is 11.3 Å². The van der Waals surface area contributed by atoms with E-state index >= 15 is 0 Å². The van der Waals surface area contributed by atoms with Gasteiger partial charge in [-0.15, -0.1) is 11.3 Å². The second-order valence-electron chi connectivity index (χ2n) is 4.78. The lowest BCUT2D eigenvalue weighted by atomic mass is 10.3. The van der Waals surface area contributed by atoms with E-state index in [1.165, 1.54) is 0 Å². The van der Waals surface area contributed by atoms with Gasteiger partial charge in [-0.3, -0.25) is 4.90 Å². The minimum absolute atomic E-state index is 0.555. The van der Waals surface area contributed by atoms with Crippen molar-refractivity contribution in [3.05, 3.63) is 17.3 Å². The Labute approximate surface area is 128 Å². The quantitative estimate of drug-likeness (QED) is 0.711. The second kappa shape index (κ2) is 8.23. The number of anilines is 1. The van der Waals surface area contributed by atoms with E-state index in [9.17, 15) is 0 Å². The number of hydrogen-bond acceptors (Lipinski definition) is 7. The molecule has 0 saturated carbocycles. The van der Waals surface area contributed by atoms with Gasteiger partial charge in [0, 0.05) is 33.9 Å². The van der Waals surface area contributed by atoms with Crippen molar-refractivity contribution >= 4 is 27.4 Å². The van der Waals surface area contributed by atoms with Crippen LogP contribution in [0.5, 0.6) is 0 Å². The second-order valence-corrected chi connectivity index (χ2v) is 5.67. The number of fused-ring (bicyclic) bond motifs is 1. The Bertz CT molecular complexity index is 561. The van der Waals surface area contributed by atoms with E-state index in [1.54, 1.807) is 25.6 Å². The zero-order chi connectivity index (χ0) is 15.1. The van der Waals surface area contributed by atoms with Crippen molar-refractivity contribution in [2.45, 2.75) is 13.0 Å². The molecule has 0 aromatic carbocycles. The summed E-state index contributed by atoms with van der Waals surface area (Å²) in [5.41, 5.74) is 5.99. The summed E-state index contributed by atoms with van der Waals surface area (Å²) < 4.78 is 10.3. The van der Waals surface area contributed by atoms with E-state index < -0.39 is 0 Å². The lowest BCUT2D eigenvalue weighted by Gasteiger charge is -2.21. The summed E-state index contributed by atoms with van der Waals surface area (Å²) >= 11 is 1.59. The van der Waals surface area contributed by atoms with Crippen LogP contribution in [-0.2, 0) is 16.0 Å². The molecule has 6 nitrogen and oxygen atoms in total. The van der Waals surface area contributed by atoms with E-state index in [4.69, 9.17) is 15.2 Å². The largest absolute Gasteiger partial charge is 0.385 e. The van der Waals surface area contributed by atoms with Crippen LogP contribution in [0.15, 0.2) is 11.4 Å². The summed E-state index contributed by atoms with van der Waals surface area (Å²) in [6.07, 6.45) is 0.969. The van der Waals surface area contributed by atoms with Crippen molar-refractivity contribution in [2.75, 3.05) is 46.3 Å². The van der Waals surface area contributed by atoms with Gasteiger partial charge in [-0.25, -0.2) is 9.97 Å². The van der Waals surface area contributed by atoms with Gasteiger partial charge in [0.2, 0.25) is 0 Å². The molecule has 0 aliphatic heterocycles. The maximum Gasteiger partial charge on any atom is 0.146 e. The molecule has 0 spiro atoms. The van der Waals surface area contributed by atoms with Crippen molar-refractivity contribution in [3.8, 4) is 0 Å². The number of nitrogens with two attached hydrogens (primary N) is 1. The molecule has 0 unspecified atom stereocenters. The normalized spacial score (nSPS) is 11.6. The van der Waals surface area contributed by atoms with E-state index in [0.717, 1.165) is 42.2 Å². The molecule has 116 valence electrons. The summed E-state index contributed by atoms with van der Waals surface area (Å²) in [5, 5.41) is 2.92. The van der Waals surface area contributed by atoms with Gasteiger partial charge in [0.1, 0.15) is 16.5 Å². The molecule has 0 amide bonds. The minimum Gasteiger partial charge on any atom is -0.385 e. The molecule has 0 aliphatic rings. The Hall–Kier alpha value is -1.28. The number of methoxy groups -OCH3 is 2. The van der Waals surface area contributed by atoms with Crippen molar-refractivity contribution in [3.63, 3.8) is 0 Å². The Morgan fingerprint density at radius 1 is 1.19 bits per heavy atom. The van der Waals surface area contributed by atoms with Crippen LogP contribution in [0.1, 0.15) is 12.2 Å². The molecule has 2 aromatic heterocycles. The number of hydrogen-bond donors (Lipinski definition) is 1. The fourth-order valence-corrected chi connectivity index (χ4v) is 2.91. The van der Waals surface area contributed by atoms with Gasteiger partial charge in [-0.2, -0.15) is 0 Å². The Morgan fingerprint density at radius 3 is 2.76 bits per heavy atom. The monoisotopic (exact) mass is 310 g/mol. The first-order valence-corrected chi connectivity index (χ1v) is 7.82. The summed E-state index contributed by atoms with van der Waals surface area (Å²) in [4.78, 5) is 12.2. The third kappa shape index (κ3) is 4.60. The number of nitrogens with zero attached hydrogens (tertiary/aromatic N) is 3. The van der Waals surface area contributed by atoms with E-state index in [1.807, 2.05) is 11.4 Å². The minimum atomic E-state index is 0.555. The molecule has 0 aliphatic carbocycles. The first kappa shape index (κ1) is 16.1. The van der Waals surface area contributed by atoms with Crippen LogP contribution in [0.3, 0.4) is 0 Å². The molecule has 2 heterocycles. The molecule has 21 heavy (non-hydrogen) atoms. The highest BCUT2D eigenvalue weighted by Gasteiger charge is 2.11. The summed E-state index contributed by atoms with van der Waals surface area (Å²) in [7, 11) is 3.42. The fourth-order valence-electron chi connectivity index (χ4n) is 2.12. The predicted molar refractivity (Wildman–Crippen MR) is 85.5 cm³/mol. The molecule has 2 aromatic rings. The third-order valence-corrected chi connectivity index (χ3v) is 4.01. The van der Waals surface area contributed by atoms with Crippen molar-refractivity contribution < 1.29 is 9.47 Å². The molecule has 0 radical (unpaired) electrons. The Balaban J connectivity index is 2.05. The van der Waals surface area contributed by atoms with E-state index in [2.05, 4.69) is 14.9 Å². The molecule has 0 saturated heterocycles. The first-order valence-electron chi connectivity index (χ1n) is 6.94. The summed E-state index contributed by atoms with van der Waals surface area (Å²) in [6, 6.07) is 1.96. The van der Waals surface area contributed by atoms with Crippen LogP contribution in [0.2, 0.25) is 0 Å². The van der Waals surface area contributed by atoms with Crippen LogP contribution in [0, 0.1) is 0 Å². The van der Waals surface area contributed by atoms with Crippen LogP contribution < -0.4 is 5.73 Å². The lowest BCUT2D eigenvalue weighted by Crippen LogP contribution is -2.29. The molecule has 0 fully saturated rings. The van der Waals surface area contributed by atoms with Gasteiger partial charge in [-0.05, 0) is 17.9 Å². The predicted octanol–water partition coefficient (Wildman–Crippen LogP) is 1.76. The highest BCUT2D eigenvalue weighted by atomic mass is 32.1. The molecular weight excluding hydrogens is 288 g/mol. The van der Waals surface area contributed by atoms with Crippen LogP contribution in [0.25, 0.3) is 10.2 Å². The molecule has 0 bridgehead atoms. The average molecular weight is 310 g/mol. The Morgan fingerprint density at radius 2 is 2.00 bits per heavy atom. The van der Waals surface area contributed by atoms with Crippen LogP contribution in [0.4, 0.5) is 5.82 Å². The van der Waals surface area contributed by atoms with Crippen molar-refractivity contribution in [2.24, 2.45) is 0 Å². The first-order chi connectivity index (χ1) is 10.2. The number of ether oxygens (including phenoxy) is 2. The third-order valence-electron chi connectivity index (χ3n) is 3.20. The standard InChI is InChI=1S/C14H22N4O2S/c1-19-7-3-5-18(6-8-20-2)10-12-16-13(15)11-4-9-21-14(11)17-12/h4,9H,3,5-8,10H2,1-2H3,(H2,15,16,17). The van der Waals surface area contributed by atoms with E-state index in [0.29, 0.717) is 19.0 Å². The molecule has 7 heteroatoms. The maximum absolute atomic E-state index is 5.99. The summed E-state index contributed by atoms with van der Waals surface area (Å²) in [5.74, 6) is 1.32. The highest BCUT2D eigenvalue weighted by Crippen LogP contribution is 2.23. The van der Waals surface area contributed by atoms with Gasteiger partial charge >= 0.3 is 0 Å². The van der Waals surface area contributed by atoms with Gasteiger partial charge in [0.15, 0.2) is 0 Å².